The van der Waals surface area contributed by atoms with Gasteiger partial charge in [-0.15, -0.1) is 11.6 Å². The van der Waals surface area contributed by atoms with E-state index in [1.54, 1.807) is 0 Å². The average molecular weight is 342 g/mol. The Morgan fingerprint density at radius 3 is 2.75 bits per heavy atom. The normalized spacial score (nSPS) is 12.8. The molecule has 124 valence electrons. The predicted molar refractivity (Wildman–Crippen MR) is 99.4 cm³/mol. The summed E-state index contributed by atoms with van der Waals surface area (Å²) in [5.41, 5.74) is 2.65. The Hall–Kier alpha value is -2.26. The summed E-state index contributed by atoms with van der Waals surface area (Å²) in [5.74, 6) is 1.44. The van der Waals surface area contributed by atoms with Crippen LogP contribution >= 0.6 is 11.6 Å². The van der Waals surface area contributed by atoms with Crippen LogP contribution in [-0.4, -0.2) is 17.0 Å². The lowest BCUT2D eigenvalue weighted by Crippen LogP contribution is -2.01. The minimum Gasteiger partial charge on any atom is -0.493 e. The molecule has 2 aromatic carbocycles. The highest BCUT2D eigenvalue weighted by Gasteiger charge is 2.04. The molecule has 0 bridgehead atoms. The lowest BCUT2D eigenvalue weighted by Gasteiger charge is -2.09. The summed E-state index contributed by atoms with van der Waals surface area (Å²) in [5, 5.41) is 0.183. The van der Waals surface area contributed by atoms with E-state index in [0.29, 0.717) is 12.5 Å². The number of rotatable bonds is 7. The number of aromatic nitrogens is 1. The van der Waals surface area contributed by atoms with Gasteiger partial charge in [-0.25, -0.2) is 4.98 Å². The molecular formula is C20H20ClNO2. The fourth-order valence-corrected chi connectivity index (χ4v) is 2.57. The lowest BCUT2D eigenvalue weighted by atomic mass is 10.2. The van der Waals surface area contributed by atoms with Crippen molar-refractivity contribution in [1.82, 2.24) is 4.98 Å². The van der Waals surface area contributed by atoms with E-state index < -0.39 is 0 Å². The molecule has 3 nitrogen and oxygen atoms in total. The maximum atomic E-state index is 5.96. The number of alkyl halides is 1. The van der Waals surface area contributed by atoms with Crippen LogP contribution in [0.1, 0.15) is 31.2 Å². The molecule has 0 fully saturated rings. The average Bonchev–Trinajstić information content (AvgIpc) is 3.00. The van der Waals surface area contributed by atoms with Crippen molar-refractivity contribution in [3.63, 3.8) is 0 Å². The molecule has 0 aliphatic carbocycles. The van der Waals surface area contributed by atoms with Crippen molar-refractivity contribution >= 4 is 34.9 Å². The van der Waals surface area contributed by atoms with Gasteiger partial charge in [-0.2, -0.15) is 0 Å². The number of ether oxygens (including phenoxy) is 1. The Bertz CT molecular complexity index is 790. The van der Waals surface area contributed by atoms with Crippen molar-refractivity contribution in [1.29, 1.82) is 0 Å². The standard InChI is InChI=1S/C20H20ClNO2/c1-15(21)7-6-14-23-18-10-4-2-8-16(18)12-13-20-22-17-9-3-5-11-19(17)24-20/h2-5,8-13,15H,6-7,14H2,1H3/b13-12+. The molecule has 24 heavy (non-hydrogen) atoms. The van der Waals surface area contributed by atoms with Crippen LogP contribution in [0.4, 0.5) is 0 Å². The molecule has 0 amide bonds. The summed E-state index contributed by atoms with van der Waals surface area (Å²) < 4.78 is 11.6. The molecule has 3 rings (SSSR count). The molecule has 0 spiro atoms. The van der Waals surface area contributed by atoms with Gasteiger partial charge in [-0.05, 0) is 44.0 Å². The zero-order valence-electron chi connectivity index (χ0n) is 13.6. The van der Waals surface area contributed by atoms with Crippen LogP contribution in [0.2, 0.25) is 0 Å². The summed E-state index contributed by atoms with van der Waals surface area (Å²) in [4.78, 5) is 4.44. The molecule has 0 saturated heterocycles. The Morgan fingerprint density at radius 2 is 1.92 bits per heavy atom. The van der Waals surface area contributed by atoms with Gasteiger partial charge in [0.05, 0.1) is 6.61 Å². The summed E-state index contributed by atoms with van der Waals surface area (Å²) in [7, 11) is 0. The topological polar surface area (TPSA) is 35.3 Å². The van der Waals surface area contributed by atoms with E-state index >= 15 is 0 Å². The van der Waals surface area contributed by atoms with Gasteiger partial charge in [0.25, 0.3) is 0 Å². The van der Waals surface area contributed by atoms with Crippen molar-refractivity contribution in [2.75, 3.05) is 6.61 Å². The Kier molecular flexibility index (Phi) is 5.55. The highest BCUT2D eigenvalue weighted by atomic mass is 35.5. The van der Waals surface area contributed by atoms with Crippen LogP contribution in [0.15, 0.2) is 52.9 Å². The third kappa shape index (κ3) is 4.39. The van der Waals surface area contributed by atoms with E-state index in [4.69, 9.17) is 20.8 Å². The molecule has 0 saturated carbocycles. The highest BCUT2D eigenvalue weighted by Crippen LogP contribution is 2.22. The van der Waals surface area contributed by atoms with Gasteiger partial charge >= 0.3 is 0 Å². The molecule has 1 unspecified atom stereocenters. The Balaban J connectivity index is 1.70. The summed E-state index contributed by atoms with van der Waals surface area (Å²) >= 11 is 5.96. The molecule has 1 aromatic heterocycles. The maximum Gasteiger partial charge on any atom is 0.220 e. The number of hydrogen-bond acceptors (Lipinski definition) is 3. The largest absolute Gasteiger partial charge is 0.493 e. The number of halogens is 1. The molecular weight excluding hydrogens is 322 g/mol. The van der Waals surface area contributed by atoms with E-state index in [2.05, 4.69) is 4.98 Å². The molecule has 0 N–H and O–H groups in total. The molecule has 0 radical (unpaired) electrons. The fourth-order valence-electron chi connectivity index (χ4n) is 2.42. The zero-order chi connectivity index (χ0) is 16.8. The minimum absolute atomic E-state index is 0.183. The van der Waals surface area contributed by atoms with Crippen molar-refractivity contribution in [3.05, 3.63) is 60.0 Å². The first-order chi connectivity index (χ1) is 11.7. The van der Waals surface area contributed by atoms with Gasteiger partial charge < -0.3 is 9.15 Å². The quantitative estimate of drug-likeness (QED) is 0.403. The summed E-state index contributed by atoms with van der Waals surface area (Å²) in [6.07, 6.45) is 5.71. The number of fused-ring (bicyclic) bond motifs is 1. The minimum atomic E-state index is 0.183. The van der Waals surface area contributed by atoms with Gasteiger partial charge in [0, 0.05) is 17.0 Å². The second-order valence-electron chi connectivity index (χ2n) is 5.66. The first kappa shape index (κ1) is 16.6. The summed E-state index contributed by atoms with van der Waals surface area (Å²) in [6.45, 7) is 2.66. The Labute approximate surface area is 146 Å². The van der Waals surface area contributed by atoms with E-state index in [1.807, 2.05) is 67.6 Å². The molecule has 1 heterocycles. The number of benzene rings is 2. The van der Waals surface area contributed by atoms with E-state index in [0.717, 1.165) is 35.3 Å². The van der Waals surface area contributed by atoms with E-state index in [9.17, 15) is 0 Å². The van der Waals surface area contributed by atoms with Crippen molar-refractivity contribution in [2.45, 2.75) is 25.1 Å². The first-order valence-corrected chi connectivity index (χ1v) is 8.55. The van der Waals surface area contributed by atoms with E-state index in [-0.39, 0.29) is 5.38 Å². The SMILES string of the molecule is CC(Cl)CCCOc1ccccc1/C=C/c1nc2ccccc2o1. The highest BCUT2D eigenvalue weighted by molar-refractivity contribution is 6.20. The van der Waals surface area contributed by atoms with Crippen LogP contribution in [0, 0.1) is 0 Å². The predicted octanol–water partition coefficient (Wildman–Crippen LogP) is 5.78. The number of hydrogen-bond donors (Lipinski definition) is 0. The van der Waals surface area contributed by atoms with Crippen molar-refractivity contribution < 1.29 is 9.15 Å². The van der Waals surface area contributed by atoms with E-state index in [1.165, 1.54) is 0 Å². The second-order valence-corrected chi connectivity index (χ2v) is 6.41. The van der Waals surface area contributed by atoms with Crippen LogP contribution in [-0.2, 0) is 0 Å². The molecule has 0 aliphatic rings. The smallest absolute Gasteiger partial charge is 0.220 e. The van der Waals surface area contributed by atoms with Crippen LogP contribution < -0.4 is 4.74 Å². The number of para-hydroxylation sites is 3. The summed E-state index contributed by atoms with van der Waals surface area (Å²) in [6, 6.07) is 15.7. The van der Waals surface area contributed by atoms with Crippen LogP contribution in [0.5, 0.6) is 5.75 Å². The number of nitrogens with zero attached hydrogens (tertiary/aromatic N) is 1. The van der Waals surface area contributed by atoms with Gasteiger partial charge in [-0.3, -0.25) is 0 Å². The Morgan fingerprint density at radius 1 is 1.12 bits per heavy atom. The third-order valence-corrected chi connectivity index (χ3v) is 3.86. The van der Waals surface area contributed by atoms with Gasteiger partial charge in [0.15, 0.2) is 5.58 Å². The fraction of sp³-hybridized carbons (Fsp3) is 0.250. The van der Waals surface area contributed by atoms with Crippen LogP contribution in [0.3, 0.4) is 0 Å². The molecule has 0 aliphatic heterocycles. The van der Waals surface area contributed by atoms with Crippen molar-refractivity contribution in [2.24, 2.45) is 0 Å². The first-order valence-electron chi connectivity index (χ1n) is 8.12. The van der Waals surface area contributed by atoms with Gasteiger partial charge in [0.1, 0.15) is 11.3 Å². The number of oxazole rings is 1. The lowest BCUT2D eigenvalue weighted by molar-refractivity contribution is 0.306. The van der Waals surface area contributed by atoms with Crippen molar-refractivity contribution in [3.8, 4) is 5.75 Å². The zero-order valence-corrected chi connectivity index (χ0v) is 14.4. The molecule has 3 aromatic rings. The van der Waals surface area contributed by atoms with Gasteiger partial charge in [-0.1, -0.05) is 30.3 Å². The monoisotopic (exact) mass is 341 g/mol. The van der Waals surface area contributed by atoms with Gasteiger partial charge in [0.2, 0.25) is 5.89 Å². The third-order valence-electron chi connectivity index (χ3n) is 3.64. The molecule has 1 atom stereocenters. The van der Waals surface area contributed by atoms with Crippen LogP contribution in [0.25, 0.3) is 23.3 Å². The molecule has 4 heteroatoms. The maximum absolute atomic E-state index is 5.96. The second kappa shape index (κ2) is 8.02.